The van der Waals surface area contributed by atoms with Gasteiger partial charge in [-0.2, -0.15) is 0 Å². The van der Waals surface area contributed by atoms with Crippen LogP contribution in [0.25, 0.3) is 0 Å². The summed E-state index contributed by atoms with van der Waals surface area (Å²) in [6, 6.07) is 1.51. The predicted molar refractivity (Wildman–Crippen MR) is 53.4 cm³/mol. The second kappa shape index (κ2) is 5.55. The van der Waals surface area contributed by atoms with E-state index in [9.17, 15) is 0 Å². The fourth-order valence-corrected chi connectivity index (χ4v) is 1.35. The molecule has 1 fully saturated rings. The van der Waals surface area contributed by atoms with Crippen molar-refractivity contribution in [1.82, 2.24) is 10.6 Å². The zero-order chi connectivity index (χ0) is 8.81. The molecule has 0 aromatic carbocycles. The Labute approximate surface area is 76.1 Å². The summed E-state index contributed by atoms with van der Waals surface area (Å²) in [6.07, 6.45) is 5.44. The highest BCUT2D eigenvalue weighted by Gasteiger charge is 2.15. The molecule has 0 spiro atoms. The van der Waals surface area contributed by atoms with Crippen LogP contribution < -0.4 is 10.6 Å². The van der Waals surface area contributed by atoms with Gasteiger partial charge in [0.1, 0.15) is 0 Å². The van der Waals surface area contributed by atoms with E-state index in [2.05, 4.69) is 24.5 Å². The van der Waals surface area contributed by atoms with Crippen LogP contribution in [-0.4, -0.2) is 25.2 Å². The first-order valence-corrected chi connectivity index (χ1v) is 5.29. The van der Waals surface area contributed by atoms with Crippen LogP contribution in [0.3, 0.4) is 0 Å². The molecular weight excluding hydrogens is 148 g/mol. The zero-order valence-corrected chi connectivity index (χ0v) is 8.40. The van der Waals surface area contributed by atoms with Gasteiger partial charge in [-0.1, -0.05) is 13.3 Å². The third kappa shape index (κ3) is 3.55. The second-order valence-corrected chi connectivity index (χ2v) is 3.85. The fourth-order valence-electron chi connectivity index (χ4n) is 1.35. The summed E-state index contributed by atoms with van der Waals surface area (Å²) in [4.78, 5) is 0. The molecule has 12 heavy (non-hydrogen) atoms. The Morgan fingerprint density at radius 2 is 2.08 bits per heavy atom. The monoisotopic (exact) mass is 170 g/mol. The third-order valence-electron chi connectivity index (χ3n) is 2.77. The molecule has 0 aliphatic heterocycles. The van der Waals surface area contributed by atoms with Crippen molar-refractivity contribution in [3.05, 3.63) is 0 Å². The normalized spacial score (nSPS) is 20.5. The lowest BCUT2D eigenvalue weighted by molar-refractivity contribution is 0.337. The molecule has 0 radical (unpaired) electrons. The smallest absolute Gasteiger partial charge is 0.00794 e. The largest absolute Gasteiger partial charge is 0.313 e. The summed E-state index contributed by atoms with van der Waals surface area (Å²) in [5, 5.41) is 7.01. The molecule has 1 saturated carbocycles. The summed E-state index contributed by atoms with van der Waals surface area (Å²) in [5.41, 5.74) is 0. The minimum atomic E-state index is 0.674. The highest BCUT2D eigenvalue weighted by atomic mass is 15.0. The lowest BCUT2D eigenvalue weighted by Crippen LogP contribution is -2.40. The van der Waals surface area contributed by atoms with E-state index in [-0.39, 0.29) is 0 Å². The van der Waals surface area contributed by atoms with Crippen molar-refractivity contribution < 1.29 is 0 Å². The molecule has 0 aromatic heterocycles. The van der Waals surface area contributed by atoms with E-state index in [0.29, 0.717) is 6.04 Å². The quantitative estimate of drug-likeness (QED) is 0.591. The van der Waals surface area contributed by atoms with Crippen molar-refractivity contribution in [2.45, 2.75) is 51.6 Å². The van der Waals surface area contributed by atoms with Crippen molar-refractivity contribution in [2.75, 3.05) is 13.1 Å². The highest BCUT2D eigenvalue weighted by Crippen LogP contribution is 2.17. The van der Waals surface area contributed by atoms with Gasteiger partial charge < -0.3 is 10.6 Å². The Bertz CT molecular complexity index is 104. The molecule has 1 rings (SSSR count). The molecule has 72 valence electrons. The first-order valence-electron chi connectivity index (χ1n) is 5.29. The van der Waals surface area contributed by atoms with E-state index in [1.54, 1.807) is 0 Å². The summed E-state index contributed by atoms with van der Waals surface area (Å²) in [6.45, 7) is 6.71. The lowest BCUT2D eigenvalue weighted by Gasteiger charge is -2.26. The number of hydrogen-bond acceptors (Lipinski definition) is 2. The molecule has 1 aliphatic rings. The topological polar surface area (TPSA) is 24.1 Å². The number of hydrogen-bond donors (Lipinski definition) is 2. The predicted octanol–water partition coefficient (Wildman–Crippen LogP) is 1.52. The average molecular weight is 170 g/mol. The van der Waals surface area contributed by atoms with Crippen molar-refractivity contribution in [2.24, 2.45) is 0 Å². The van der Waals surface area contributed by atoms with Gasteiger partial charge in [0.05, 0.1) is 0 Å². The average Bonchev–Trinajstić information content (AvgIpc) is 2.00. The van der Waals surface area contributed by atoms with Crippen LogP contribution in [0.2, 0.25) is 0 Å². The van der Waals surface area contributed by atoms with Crippen LogP contribution in [0, 0.1) is 0 Å². The third-order valence-corrected chi connectivity index (χ3v) is 2.77. The van der Waals surface area contributed by atoms with E-state index >= 15 is 0 Å². The molecule has 0 amide bonds. The Morgan fingerprint density at radius 1 is 1.33 bits per heavy atom. The first-order chi connectivity index (χ1) is 5.83. The van der Waals surface area contributed by atoms with Crippen LogP contribution in [0.15, 0.2) is 0 Å². The fraction of sp³-hybridized carbons (Fsp3) is 1.00. The molecule has 2 nitrogen and oxygen atoms in total. The van der Waals surface area contributed by atoms with Crippen LogP contribution in [-0.2, 0) is 0 Å². The highest BCUT2D eigenvalue weighted by molar-refractivity contribution is 4.76. The van der Waals surface area contributed by atoms with Gasteiger partial charge in [0.2, 0.25) is 0 Å². The summed E-state index contributed by atoms with van der Waals surface area (Å²) < 4.78 is 0. The minimum Gasteiger partial charge on any atom is -0.313 e. The zero-order valence-electron chi connectivity index (χ0n) is 8.40. The van der Waals surface area contributed by atoms with Crippen LogP contribution >= 0.6 is 0 Å². The molecule has 0 heterocycles. The Balaban J connectivity index is 1.82. The molecule has 2 N–H and O–H groups in total. The van der Waals surface area contributed by atoms with Gasteiger partial charge in [-0.25, -0.2) is 0 Å². The maximum absolute atomic E-state index is 3.54. The summed E-state index contributed by atoms with van der Waals surface area (Å²) in [7, 11) is 0. The molecule has 0 aromatic rings. The van der Waals surface area contributed by atoms with E-state index < -0.39 is 0 Å². The summed E-state index contributed by atoms with van der Waals surface area (Å²) in [5.74, 6) is 0. The molecule has 1 atom stereocenters. The van der Waals surface area contributed by atoms with E-state index in [0.717, 1.165) is 19.1 Å². The SMILES string of the molecule is CCC(C)NCCNC1CCC1. The van der Waals surface area contributed by atoms with Crippen molar-refractivity contribution in [1.29, 1.82) is 0 Å². The minimum absolute atomic E-state index is 0.674. The number of nitrogens with one attached hydrogen (secondary N) is 2. The van der Waals surface area contributed by atoms with Gasteiger partial charge >= 0.3 is 0 Å². The molecule has 1 unspecified atom stereocenters. The molecular formula is C10H22N2. The van der Waals surface area contributed by atoms with E-state index in [1.807, 2.05) is 0 Å². The van der Waals surface area contributed by atoms with Crippen molar-refractivity contribution in [3.63, 3.8) is 0 Å². The standard InChI is InChI=1S/C10H22N2/c1-3-9(2)11-7-8-12-10-5-4-6-10/h9-12H,3-8H2,1-2H3. The van der Waals surface area contributed by atoms with Gasteiger partial charge in [-0.05, 0) is 26.2 Å². The van der Waals surface area contributed by atoms with Crippen LogP contribution in [0.1, 0.15) is 39.5 Å². The Hall–Kier alpha value is -0.0800. The first kappa shape index (κ1) is 10.0. The molecule has 0 bridgehead atoms. The molecule has 1 aliphatic carbocycles. The number of rotatable bonds is 6. The maximum atomic E-state index is 3.54. The van der Waals surface area contributed by atoms with Crippen molar-refractivity contribution in [3.8, 4) is 0 Å². The second-order valence-electron chi connectivity index (χ2n) is 3.85. The van der Waals surface area contributed by atoms with Gasteiger partial charge in [-0.3, -0.25) is 0 Å². The lowest BCUT2D eigenvalue weighted by atomic mass is 9.93. The molecule has 0 saturated heterocycles. The Morgan fingerprint density at radius 3 is 2.58 bits per heavy atom. The summed E-state index contributed by atoms with van der Waals surface area (Å²) >= 11 is 0. The van der Waals surface area contributed by atoms with Crippen LogP contribution in [0.4, 0.5) is 0 Å². The van der Waals surface area contributed by atoms with Gasteiger partial charge in [0.25, 0.3) is 0 Å². The van der Waals surface area contributed by atoms with Crippen molar-refractivity contribution >= 4 is 0 Å². The van der Waals surface area contributed by atoms with Gasteiger partial charge in [0, 0.05) is 25.2 Å². The van der Waals surface area contributed by atoms with Crippen LogP contribution in [0.5, 0.6) is 0 Å². The van der Waals surface area contributed by atoms with E-state index in [4.69, 9.17) is 0 Å². The van der Waals surface area contributed by atoms with Gasteiger partial charge in [-0.15, -0.1) is 0 Å². The van der Waals surface area contributed by atoms with E-state index in [1.165, 1.54) is 25.7 Å². The maximum Gasteiger partial charge on any atom is 0.00794 e. The molecule has 2 heteroatoms. The Kier molecular flexibility index (Phi) is 4.62. The van der Waals surface area contributed by atoms with Gasteiger partial charge in [0.15, 0.2) is 0 Å².